The quantitative estimate of drug-likeness (QED) is 0.735. The number of hydrogen-bond donors (Lipinski definition) is 0. The summed E-state index contributed by atoms with van der Waals surface area (Å²) in [5.41, 5.74) is 2.83. The van der Waals surface area contributed by atoms with Crippen molar-refractivity contribution in [2.45, 2.75) is 26.3 Å². The van der Waals surface area contributed by atoms with Gasteiger partial charge in [0.15, 0.2) is 6.29 Å². The van der Waals surface area contributed by atoms with Gasteiger partial charge in [-0.05, 0) is 32.9 Å². The molecule has 3 nitrogen and oxygen atoms in total. The van der Waals surface area contributed by atoms with E-state index < -0.39 is 0 Å². The molecule has 0 radical (unpaired) electrons. The van der Waals surface area contributed by atoms with Gasteiger partial charge in [-0.15, -0.1) is 0 Å². The fraction of sp³-hybridized carbons (Fsp3) is 0.500. The minimum atomic E-state index is -0.0642. The Hall–Kier alpha value is -1.35. The van der Waals surface area contributed by atoms with Gasteiger partial charge in [0, 0.05) is 17.8 Å². The van der Waals surface area contributed by atoms with Crippen molar-refractivity contribution < 1.29 is 9.53 Å². The van der Waals surface area contributed by atoms with Gasteiger partial charge >= 0.3 is 0 Å². The Morgan fingerprint density at radius 2 is 2.18 bits per heavy atom. The highest BCUT2D eigenvalue weighted by Crippen LogP contribution is 2.29. The molecule has 0 spiro atoms. The highest BCUT2D eigenvalue weighted by Gasteiger charge is 2.31. The molecule has 1 aromatic rings. The van der Waals surface area contributed by atoms with E-state index in [1.165, 1.54) is 0 Å². The van der Waals surface area contributed by atoms with Gasteiger partial charge in [0.2, 0.25) is 0 Å². The molecule has 1 aromatic carbocycles. The zero-order valence-electron chi connectivity index (χ0n) is 10.7. The Morgan fingerprint density at radius 1 is 1.41 bits per heavy atom. The van der Waals surface area contributed by atoms with Crippen molar-refractivity contribution in [1.82, 2.24) is 0 Å². The molecular formula is C14H19NO2. The summed E-state index contributed by atoms with van der Waals surface area (Å²) in [6, 6.07) is 6.02. The lowest BCUT2D eigenvalue weighted by atomic mass is 9.99. The first-order chi connectivity index (χ1) is 8.04. The molecule has 1 aliphatic rings. The van der Waals surface area contributed by atoms with E-state index >= 15 is 0 Å². The highest BCUT2D eigenvalue weighted by molar-refractivity contribution is 5.85. The monoisotopic (exact) mass is 233 g/mol. The van der Waals surface area contributed by atoms with Crippen LogP contribution >= 0.6 is 0 Å². The third-order valence-electron chi connectivity index (χ3n) is 3.25. The highest BCUT2D eigenvalue weighted by atomic mass is 16.5. The molecule has 0 saturated carbocycles. The van der Waals surface area contributed by atoms with Crippen LogP contribution in [0.5, 0.6) is 0 Å². The Kier molecular flexibility index (Phi) is 3.20. The van der Waals surface area contributed by atoms with Crippen LogP contribution in [0.2, 0.25) is 0 Å². The summed E-state index contributed by atoms with van der Waals surface area (Å²) in [7, 11) is 0. The van der Waals surface area contributed by atoms with Crippen molar-refractivity contribution in [2.24, 2.45) is 0 Å². The molecule has 0 unspecified atom stereocenters. The first kappa shape index (κ1) is 12.1. The first-order valence-corrected chi connectivity index (χ1v) is 5.96. The van der Waals surface area contributed by atoms with Crippen LogP contribution in [0.3, 0.4) is 0 Å². The molecule has 92 valence electrons. The number of anilines is 1. The molecule has 1 aliphatic heterocycles. The van der Waals surface area contributed by atoms with E-state index in [1.807, 2.05) is 25.1 Å². The molecule has 1 saturated heterocycles. The van der Waals surface area contributed by atoms with Crippen LogP contribution in [-0.2, 0) is 4.74 Å². The predicted molar refractivity (Wildman–Crippen MR) is 68.8 cm³/mol. The maximum Gasteiger partial charge on any atom is 0.152 e. The second-order valence-electron chi connectivity index (χ2n) is 5.20. The molecule has 0 aromatic heterocycles. The van der Waals surface area contributed by atoms with Crippen molar-refractivity contribution >= 4 is 12.0 Å². The molecule has 0 amide bonds. The average Bonchev–Trinajstić information content (AvgIpc) is 2.29. The standard InChI is InChI=1S/C14H19NO2/c1-11-4-5-13(12(8-11)9-16)15-6-7-17-10-14(15,2)3/h4-5,8-9H,6-7,10H2,1-3H3. The van der Waals surface area contributed by atoms with Crippen molar-refractivity contribution in [1.29, 1.82) is 0 Å². The Bertz CT molecular complexity index is 426. The summed E-state index contributed by atoms with van der Waals surface area (Å²) in [5.74, 6) is 0. The van der Waals surface area contributed by atoms with E-state index in [-0.39, 0.29) is 5.54 Å². The molecule has 2 rings (SSSR count). The number of ether oxygens (including phenoxy) is 1. The maximum atomic E-state index is 11.2. The fourth-order valence-electron chi connectivity index (χ4n) is 2.32. The van der Waals surface area contributed by atoms with Crippen molar-refractivity contribution in [3.8, 4) is 0 Å². The average molecular weight is 233 g/mol. The third kappa shape index (κ3) is 2.34. The Balaban J connectivity index is 2.41. The van der Waals surface area contributed by atoms with E-state index in [0.717, 1.165) is 36.3 Å². The van der Waals surface area contributed by atoms with Gasteiger partial charge in [-0.1, -0.05) is 11.6 Å². The third-order valence-corrected chi connectivity index (χ3v) is 3.25. The van der Waals surface area contributed by atoms with E-state index in [2.05, 4.69) is 18.7 Å². The molecule has 0 atom stereocenters. The molecule has 0 aliphatic carbocycles. The Labute approximate surface area is 102 Å². The molecule has 1 heterocycles. The molecule has 17 heavy (non-hydrogen) atoms. The van der Waals surface area contributed by atoms with Crippen LogP contribution in [-0.4, -0.2) is 31.6 Å². The van der Waals surface area contributed by atoms with Crippen LogP contribution in [0, 0.1) is 6.92 Å². The van der Waals surface area contributed by atoms with Gasteiger partial charge in [0.25, 0.3) is 0 Å². The number of rotatable bonds is 2. The second kappa shape index (κ2) is 4.49. The summed E-state index contributed by atoms with van der Waals surface area (Å²) in [4.78, 5) is 13.4. The molecule has 3 heteroatoms. The van der Waals surface area contributed by atoms with Gasteiger partial charge in [-0.2, -0.15) is 0 Å². The minimum Gasteiger partial charge on any atom is -0.377 e. The van der Waals surface area contributed by atoms with Gasteiger partial charge in [-0.3, -0.25) is 4.79 Å². The lowest BCUT2D eigenvalue weighted by Crippen LogP contribution is -2.53. The van der Waals surface area contributed by atoms with Crippen molar-refractivity contribution in [3.63, 3.8) is 0 Å². The molecular weight excluding hydrogens is 214 g/mol. The lowest BCUT2D eigenvalue weighted by molar-refractivity contribution is 0.0643. The largest absolute Gasteiger partial charge is 0.377 e. The number of nitrogens with zero attached hydrogens (tertiary/aromatic N) is 1. The minimum absolute atomic E-state index is 0.0642. The second-order valence-corrected chi connectivity index (χ2v) is 5.20. The summed E-state index contributed by atoms with van der Waals surface area (Å²) >= 11 is 0. The van der Waals surface area contributed by atoms with Gasteiger partial charge in [0.1, 0.15) is 0 Å². The normalized spacial score (nSPS) is 19.1. The van der Waals surface area contributed by atoms with Crippen molar-refractivity contribution in [3.05, 3.63) is 29.3 Å². The van der Waals surface area contributed by atoms with Crippen LogP contribution in [0.1, 0.15) is 29.8 Å². The molecule has 1 fully saturated rings. The SMILES string of the molecule is Cc1ccc(N2CCOCC2(C)C)c(C=O)c1. The number of aryl methyl sites for hydroxylation is 1. The van der Waals surface area contributed by atoms with Crippen LogP contribution in [0.4, 0.5) is 5.69 Å². The number of benzene rings is 1. The first-order valence-electron chi connectivity index (χ1n) is 5.96. The van der Waals surface area contributed by atoms with E-state index in [1.54, 1.807) is 0 Å². The summed E-state index contributed by atoms with van der Waals surface area (Å²) < 4.78 is 5.50. The summed E-state index contributed by atoms with van der Waals surface area (Å²) in [6.07, 6.45) is 0.938. The van der Waals surface area contributed by atoms with Crippen LogP contribution < -0.4 is 4.90 Å². The van der Waals surface area contributed by atoms with Gasteiger partial charge < -0.3 is 9.64 Å². The predicted octanol–water partition coefficient (Wildman–Crippen LogP) is 2.42. The number of carbonyl (C=O) groups excluding carboxylic acids is 1. The van der Waals surface area contributed by atoms with Crippen LogP contribution in [0.25, 0.3) is 0 Å². The van der Waals surface area contributed by atoms with Crippen LogP contribution in [0.15, 0.2) is 18.2 Å². The number of carbonyl (C=O) groups is 1. The zero-order chi connectivity index (χ0) is 12.5. The number of morpholine rings is 1. The van der Waals surface area contributed by atoms with Gasteiger partial charge in [-0.25, -0.2) is 0 Å². The molecule has 0 N–H and O–H groups in total. The molecule has 0 bridgehead atoms. The lowest BCUT2D eigenvalue weighted by Gasteiger charge is -2.44. The fourth-order valence-corrected chi connectivity index (χ4v) is 2.32. The summed E-state index contributed by atoms with van der Waals surface area (Å²) in [6.45, 7) is 8.52. The summed E-state index contributed by atoms with van der Waals surface area (Å²) in [5, 5.41) is 0. The number of aldehydes is 1. The number of hydrogen-bond acceptors (Lipinski definition) is 3. The van der Waals surface area contributed by atoms with Crippen molar-refractivity contribution in [2.75, 3.05) is 24.7 Å². The van der Waals surface area contributed by atoms with E-state index in [0.29, 0.717) is 6.61 Å². The van der Waals surface area contributed by atoms with E-state index in [9.17, 15) is 4.79 Å². The maximum absolute atomic E-state index is 11.2. The smallest absolute Gasteiger partial charge is 0.152 e. The zero-order valence-corrected chi connectivity index (χ0v) is 10.7. The van der Waals surface area contributed by atoms with Gasteiger partial charge in [0.05, 0.1) is 18.8 Å². The topological polar surface area (TPSA) is 29.5 Å². The van der Waals surface area contributed by atoms with E-state index in [4.69, 9.17) is 4.74 Å². The Morgan fingerprint density at radius 3 is 2.82 bits per heavy atom.